The number of carbonyl (C=O) groups excluding carboxylic acids is 3. The van der Waals surface area contributed by atoms with Gasteiger partial charge in [0.2, 0.25) is 0 Å². The molecule has 0 saturated heterocycles. The molecule has 0 saturated carbocycles. The second-order valence-electron chi connectivity index (χ2n) is 8.36. The fourth-order valence-corrected chi connectivity index (χ4v) is 4.58. The number of nitrogens with zero attached hydrogens (tertiary/aromatic N) is 1. The smallest absolute Gasteiger partial charge is 0.354 e. The minimum Gasteiger partial charge on any atom is -0.497 e. The number of likely N-dealkylation sites (N-methyl/N-ethyl adjacent to an activating group) is 1. The summed E-state index contributed by atoms with van der Waals surface area (Å²) in [5.74, 6) is -0.400. The zero-order chi connectivity index (χ0) is 26.5. The number of allylic oxidation sites excluding steroid dienone is 5. The van der Waals surface area contributed by atoms with Gasteiger partial charge in [0.05, 0.1) is 34.5 Å². The summed E-state index contributed by atoms with van der Waals surface area (Å²) in [4.78, 5) is 38.0. The Bertz CT molecular complexity index is 1180. The van der Waals surface area contributed by atoms with E-state index in [2.05, 4.69) is 6.08 Å². The molecule has 0 aliphatic heterocycles. The zero-order valence-corrected chi connectivity index (χ0v) is 21.4. The Kier molecular flexibility index (Phi) is 8.24. The van der Waals surface area contributed by atoms with Gasteiger partial charge in [-0.2, -0.15) is 0 Å². The summed E-state index contributed by atoms with van der Waals surface area (Å²) in [5, 5.41) is 0. The van der Waals surface area contributed by atoms with E-state index in [1.54, 1.807) is 25.1 Å². The number of carbonyl (C=O) groups is 3. The highest BCUT2D eigenvalue weighted by Crippen LogP contribution is 2.52. The SMILES string of the molecule is COC(=O)/C=C(\C(=O)OC)N(C)CCC12C=C(OC)C=CC1=CCc1ccc(OC)c(OC(C)=O)c12. The quantitative estimate of drug-likeness (QED) is 0.290. The minimum atomic E-state index is -0.770. The number of fused-ring (bicyclic) bond motifs is 3. The van der Waals surface area contributed by atoms with Gasteiger partial charge in [-0.05, 0) is 42.2 Å². The maximum absolute atomic E-state index is 12.4. The molecule has 0 radical (unpaired) electrons. The summed E-state index contributed by atoms with van der Waals surface area (Å²) >= 11 is 0. The van der Waals surface area contributed by atoms with Gasteiger partial charge in [0.25, 0.3) is 0 Å². The van der Waals surface area contributed by atoms with E-state index in [0.717, 1.165) is 22.8 Å². The summed E-state index contributed by atoms with van der Waals surface area (Å²) < 4.78 is 26.4. The van der Waals surface area contributed by atoms with Gasteiger partial charge in [0, 0.05) is 31.5 Å². The summed E-state index contributed by atoms with van der Waals surface area (Å²) in [7, 11) is 7.27. The van der Waals surface area contributed by atoms with Crippen molar-refractivity contribution in [2.75, 3.05) is 42.0 Å². The molecule has 0 heterocycles. The molecule has 2 aliphatic carbocycles. The molecule has 9 nitrogen and oxygen atoms in total. The van der Waals surface area contributed by atoms with Crippen LogP contribution in [0.15, 0.2) is 59.5 Å². The van der Waals surface area contributed by atoms with Crippen LogP contribution in [0.25, 0.3) is 0 Å². The highest BCUT2D eigenvalue weighted by molar-refractivity contribution is 5.95. The van der Waals surface area contributed by atoms with E-state index in [1.165, 1.54) is 28.3 Å². The van der Waals surface area contributed by atoms with Crippen LogP contribution in [-0.2, 0) is 40.4 Å². The average Bonchev–Trinajstić information content (AvgIpc) is 2.88. The van der Waals surface area contributed by atoms with E-state index in [0.29, 0.717) is 36.6 Å². The molecule has 1 aromatic carbocycles. The van der Waals surface area contributed by atoms with Crippen molar-refractivity contribution in [3.63, 3.8) is 0 Å². The largest absolute Gasteiger partial charge is 0.497 e. The summed E-state index contributed by atoms with van der Waals surface area (Å²) in [5.41, 5.74) is 2.03. The van der Waals surface area contributed by atoms with Gasteiger partial charge < -0.3 is 28.6 Å². The normalized spacial score (nSPS) is 18.1. The Morgan fingerprint density at radius 2 is 1.81 bits per heavy atom. The third-order valence-corrected chi connectivity index (χ3v) is 6.33. The van der Waals surface area contributed by atoms with Crippen molar-refractivity contribution >= 4 is 17.9 Å². The maximum atomic E-state index is 12.4. The van der Waals surface area contributed by atoms with Crippen LogP contribution >= 0.6 is 0 Å². The molecule has 192 valence electrons. The van der Waals surface area contributed by atoms with Gasteiger partial charge in [-0.15, -0.1) is 0 Å². The van der Waals surface area contributed by atoms with Gasteiger partial charge in [0.1, 0.15) is 11.5 Å². The Labute approximate surface area is 210 Å². The first kappa shape index (κ1) is 26.6. The van der Waals surface area contributed by atoms with Gasteiger partial charge >= 0.3 is 17.9 Å². The molecule has 0 bridgehead atoms. The lowest BCUT2D eigenvalue weighted by Gasteiger charge is -2.41. The lowest BCUT2D eigenvalue weighted by molar-refractivity contribution is -0.139. The number of benzene rings is 1. The van der Waals surface area contributed by atoms with Crippen LogP contribution in [0, 0.1) is 0 Å². The average molecular weight is 498 g/mol. The van der Waals surface area contributed by atoms with Crippen LogP contribution in [0.5, 0.6) is 11.5 Å². The van der Waals surface area contributed by atoms with Crippen LogP contribution in [0.1, 0.15) is 24.5 Å². The van der Waals surface area contributed by atoms with Crippen molar-refractivity contribution in [1.29, 1.82) is 0 Å². The fraction of sp³-hybridized carbons (Fsp3) is 0.370. The van der Waals surface area contributed by atoms with Crippen molar-refractivity contribution in [3.8, 4) is 11.5 Å². The predicted molar refractivity (Wildman–Crippen MR) is 131 cm³/mol. The first-order valence-electron chi connectivity index (χ1n) is 11.3. The van der Waals surface area contributed by atoms with E-state index in [4.69, 9.17) is 23.7 Å². The molecule has 1 aromatic rings. The number of methoxy groups -OCH3 is 4. The Morgan fingerprint density at radius 3 is 2.42 bits per heavy atom. The molecule has 0 spiro atoms. The topological polar surface area (TPSA) is 101 Å². The minimum absolute atomic E-state index is 0.0514. The number of esters is 3. The molecule has 0 fully saturated rings. The Hall–Kier alpha value is -4.01. The van der Waals surface area contributed by atoms with Crippen LogP contribution < -0.4 is 9.47 Å². The van der Waals surface area contributed by atoms with E-state index in [1.807, 2.05) is 24.3 Å². The summed E-state index contributed by atoms with van der Waals surface area (Å²) in [6.45, 7) is 1.67. The second kappa shape index (κ2) is 11.2. The number of hydrogen-bond acceptors (Lipinski definition) is 9. The molecule has 36 heavy (non-hydrogen) atoms. The van der Waals surface area contributed by atoms with Crippen molar-refractivity contribution < 1.29 is 38.1 Å². The van der Waals surface area contributed by atoms with Gasteiger partial charge in [-0.3, -0.25) is 4.79 Å². The second-order valence-corrected chi connectivity index (χ2v) is 8.36. The molecule has 3 rings (SSSR count). The van der Waals surface area contributed by atoms with Gasteiger partial charge in [0.15, 0.2) is 11.5 Å². The highest BCUT2D eigenvalue weighted by Gasteiger charge is 2.43. The van der Waals surface area contributed by atoms with Crippen molar-refractivity contribution in [2.24, 2.45) is 0 Å². The maximum Gasteiger partial charge on any atom is 0.354 e. The van der Waals surface area contributed by atoms with E-state index >= 15 is 0 Å². The van der Waals surface area contributed by atoms with E-state index in [-0.39, 0.29) is 5.70 Å². The standard InChI is InChI=1S/C27H31NO8/c1-17(29)36-25-22(33-4)12-8-18-7-9-19-10-11-20(32-3)16-27(19,24(18)25)13-14-28(2)21(26(31)35-6)15-23(30)34-5/h8-12,15-16H,7,13-14H2,1-6H3/b21-15+. The van der Waals surface area contributed by atoms with E-state index < -0.39 is 23.3 Å². The van der Waals surface area contributed by atoms with E-state index in [9.17, 15) is 14.4 Å². The lowest BCUT2D eigenvalue weighted by atomic mass is 9.64. The Morgan fingerprint density at radius 1 is 1.06 bits per heavy atom. The van der Waals surface area contributed by atoms with Gasteiger partial charge in [-0.1, -0.05) is 18.2 Å². The number of hydrogen-bond donors (Lipinski definition) is 0. The van der Waals surface area contributed by atoms with Crippen molar-refractivity contribution in [1.82, 2.24) is 4.90 Å². The molecular weight excluding hydrogens is 466 g/mol. The monoisotopic (exact) mass is 497 g/mol. The number of ether oxygens (including phenoxy) is 5. The van der Waals surface area contributed by atoms with Crippen molar-refractivity contribution in [3.05, 3.63) is 70.7 Å². The molecule has 0 N–H and O–H groups in total. The number of rotatable bonds is 9. The zero-order valence-electron chi connectivity index (χ0n) is 21.4. The van der Waals surface area contributed by atoms with Crippen LogP contribution in [-0.4, -0.2) is 64.8 Å². The van der Waals surface area contributed by atoms with Crippen molar-refractivity contribution in [2.45, 2.75) is 25.2 Å². The highest BCUT2D eigenvalue weighted by atomic mass is 16.6. The van der Waals surface area contributed by atoms with Crippen LogP contribution in [0.3, 0.4) is 0 Å². The molecular formula is C27H31NO8. The molecule has 0 amide bonds. The third kappa shape index (κ3) is 5.15. The Balaban J connectivity index is 2.15. The first-order chi connectivity index (χ1) is 17.2. The van der Waals surface area contributed by atoms with Gasteiger partial charge in [-0.25, -0.2) is 9.59 Å². The third-order valence-electron chi connectivity index (χ3n) is 6.33. The molecule has 0 aromatic heterocycles. The fourth-order valence-electron chi connectivity index (χ4n) is 4.58. The summed E-state index contributed by atoms with van der Waals surface area (Å²) in [6, 6.07) is 3.74. The first-order valence-corrected chi connectivity index (χ1v) is 11.3. The summed E-state index contributed by atoms with van der Waals surface area (Å²) in [6.07, 6.45) is 10.1. The molecule has 2 aliphatic rings. The molecule has 9 heteroatoms. The van der Waals surface area contributed by atoms with Crippen LogP contribution in [0.4, 0.5) is 0 Å². The molecule has 1 atom stereocenters. The lowest BCUT2D eigenvalue weighted by Crippen LogP contribution is -2.37. The molecule has 1 unspecified atom stereocenters. The van der Waals surface area contributed by atoms with Crippen LogP contribution in [0.2, 0.25) is 0 Å². The predicted octanol–water partition coefficient (Wildman–Crippen LogP) is 2.99.